The van der Waals surface area contributed by atoms with Gasteiger partial charge in [-0.25, -0.2) is 4.98 Å². The van der Waals surface area contributed by atoms with E-state index >= 15 is 0 Å². The second kappa shape index (κ2) is 10.0. The zero-order chi connectivity index (χ0) is 27.1. The van der Waals surface area contributed by atoms with E-state index in [0.29, 0.717) is 32.8 Å². The molecule has 0 spiro atoms. The predicted octanol–water partition coefficient (Wildman–Crippen LogP) is 7.68. The van der Waals surface area contributed by atoms with E-state index < -0.39 is 17.7 Å². The highest BCUT2D eigenvalue weighted by Gasteiger charge is 2.48. The Morgan fingerprint density at radius 1 is 0.923 bits per heavy atom. The summed E-state index contributed by atoms with van der Waals surface area (Å²) in [4.78, 5) is 33.1. The maximum absolute atomic E-state index is 13.6. The molecule has 192 valence electrons. The zero-order valence-electron chi connectivity index (χ0n) is 20.7. The van der Waals surface area contributed by atoms with Gasteiger partial charge in [0.15, 0.2) is 5.13 Å². The number of aromatic nitrogens is 1. The van der Waals surface area contributed by atoms with Crippen LogP contribution in [0.1, 0.15) is 22.7 Å². The minimum Gasteiger partial charge on any atom is -0.507 e. The number of carbonyl (C=O) groups is 2. The van der Waals surface area contributed by atoms with Gasteiger partial charge in [0.2, 0.25) is 0 Å². The maximum atomic E-state index is 13.6. The number of fused-ring (bicyclic) bond motifs is 1. The van der Waals surface area contributed by atoms with E-state index in [1.165, 1.54) is 16.2 Å². The summed E-state index contributed by atoms with van der Waals surface area (Å²) in [6.07, 6.45) is 0. The summed E-state index contributed by atoms with van der Waals surface area (Å²) in [7, 11) is 0. The molecule has 1 amide bonds. The number of aryl methyl sites for hydroxylation is 1. The molecule has 8 heteroatoms. The van der Waals surface area contributed by atoms with Crippen molar-refractivity contribution in [1.29, 1.82) is 0 Å². The van der Waals surface area contributed by atoms with E-state index in [0.717, 1.165) is 15.8 Å². The van der Waals surface area contributed by atoms with Gasteiger partial charge in [0, 0.05) is 10.6 Å². The topological polar surface area (TPSA) is 79.7 Å². The number of anilines is 1. The quantitative estimate of drug-likeness (QED) is 0.137. The maximum Gasteiger partial charge on any atom is 0.301 e. The minimum atomic E-state index is -0.929. The first kappa shape index (κ1) is 24.9. The van der Waals surface area contributed by atoms with Crippen molar-refractivity contribution in [1.82, 2.24) is 4.98 Å². The van der Waals surface area contributed by atoms with Crippen molar-refractivity contribution in [3.63, 3.8) is 0 Å². The summed E-state index contributed by atoms with van der Waals surface area (Å²) in [5, 5.41) is 12.2. The van der Waals surface area contributed by atoms with E-state index in [1.807, 2.05) is 55.5 Å². The normalized spacial score (nSPS) is 16.7. The first-order valence-corrected chi connectivity index (χ1v) is 13.4. The van der Waals surface area contributed by atoms with E-state index in [-0.39, 0.29) is 11.3 Å². The standard InChI is InChI=1S/C31H21ClN2O4S/c1-18-10-15-24-25(16-18)39-31(33-24)34-27(20-6-5-9-23(17-20)38-22-7-3-2-4-8-22)26(29(36)30(34)37)28(35)19-11-13-21(32)14-12-19/h2-17,27,35H,1H3. The van der Waals surface area contributed by atoms with Crippen LogP contribution in [0.4, 0.5) is 5.13 Å². The average Bonchev–Trinajstić information content (AvgIpc) is 3.47. The van der Waals surface area contributed by atoms with Crippen molar-refractivity contribution in [2.75, 3.05) is 4.90 Å². The fourth-order valence-corrected chi connectivity index (χ4v) is 5.82. The van der Waals surface area contributed by atoms with Crippen LogP contribution >= 0.6 is 22.9 Å². The van der Waals surface area contributed by atoms with Crippen molar-refractivity contribution in [3.05, 3.63) is 124 Å². The molecular weight excluding hydrogens is 532 g/mol. The summed E-state index contributed by atoms with van der Waals surface area (Å²) < 4.78 is 6.93. The molecular formula is C31H21ClN2O4S. The first-order chi connectivity index (χ1) is 18.9. The van der Waals surface area contributed by atoms with Gasteiger partial charge in [-0.1, -0.05) is 59.3 Å². The van der Waals surface area contributed by atoms with E-state index in [2.05, 4.69) is 4.98 Å². The first-order valence-electron chi connectivity index (χ1n) is 12.2. The molecule has 1 saturated heterocycles. The number of Topliss-reactive ketones (excluding diaryl/α,β-unsaturated/α-hetero) is 1. The summed E-state index contributed by atoms with van der Waals surface area (Å²) in [6, 6.07) is 27.8. The van der Waals surface area contributed by atoms with Gasteiger partial charge in [-0.05, 0) is 78.7 Å². The third-order valence-corrected chi connectivity index (χ3v) is 7.72. The number of aliphatic hydroxyl groups excluding tert-OH is 1. The second-order valence-electron chi connectivity index (χ2n) is 9.13. The Morgan fingerprint density at radius 2 is 1.67 bits per heavy atom. The van der Waals surface area contributed by atoms with Crippen LogP contribution < -0.4 is 9.64 Å². The van der Waals surface area contributed by atoms with Crippen molar-refractivity contribution in [2.45, 2.75) is 13.0 Å². The minimum absolute atomic E-state index is 0.0328. The summed E-state index contributed by atoms with van der Waals surface area (Å²) in [5.74, 6) is -0.677. The molecule has 0 saturated carbocycles. The molecule has 1 atom stereocenters. The molecule has 0 bridgehead atoms. The molecule has 5 aromatic rings. The average molecular weight is 553 g/mol. The molecule has 1 aliphatic heterocycles. The number of hydrogen-bond acceptors (Lipinski definition) is 6. The van der Waals surface area contributed by atoms with Crippen LogP contribution in [0.3, 0.4) is 0 Å². The number of rotatable bonds is 5. The van der Waals surface area contributed by atoms with Gasteiger partial charge in [0.25, 0.3) is 5.78 Å². The predicted molar refractivity (Wildman–Crippen MR) is 154 cm³/mol. The Morgan fingerprint density at radius 3 is 2.44 bits per heavy atom. The Labute approximate surface area is 233 Å². The number of aliphatic hydroxyl groups is 1. The number of ketones is 1. The van der Waals surface area contributed by atoms with Crippen molar-refractivity contribution < 1.29 is 19.4 Å². The fraction of sp³-hybridized carbons (Fsp3) is 0.0645. The van der Waals surface area contributed by atoms with Crippen LogP contribution in [-0.2, 0) is 9.59 Å². The number of para-hydroxylation sites is 1. The number of carbonyl (C=O) groups excluding carboxylic acids is 2. The largest absolute Gasteiger partial charge is 0.507 e. The fourth-order valence-electron chi connectivity index (χ4n) is 4.60. The molecule has 4 aromatic carbocycles. The smallest absolute Gasteiger partial charge is 0.301 e. The van der Waals surface area contributed by atoms with Crippen LogP contribution in [-0.4, -0.2) is 21.8 Å². The summed E-state index contributed by atoms with van der Waals surface area (Å²) in [6.45, 7) is 1.98. The molecule has 1 aromatic heterocycles. The third-order valence-electron chi connectivity index (χ3n) is 6.45. The molecule has 6 nitrogen and oxygen atoms in total. The van der Waals surface area contributed by atoms with Crippen molar-refractivity contribution in [2.24, 2.45) is 0 Å². The molecule has 39 heavy (non-hydrogen) atoms. The Kier molecular flexibility index (Phi) is 6.38. The molecule has 1 N–H and O–H groups in total. The van der Waals surface area contributed by atoms with E-state index in [9.17, 15) is 14.7 Å². The van der Waals surface area contributed by atoms with Gasteiger partial charge < -0.3 is 9.84 Å². The molecule has 2 heterocycles. The lowest BCUT2D eigenvalue weighted by Crippen LogP contribution is -2.29. The van der Waals surface area contributed by atoms with Crippen LogP contribution in [0, 0.1) is 6.92 Å². The Bertz CT molecular complexity index is 1760. The number of thiazole rings is 1. The lowest BCUT2D eigenvalue weighted by Gasteiger charge is -2.23. The Balaban J connectivity index is 1.52. The van der Waals surface area contributed by atoms with Crippen LogP contribution in [0.5, 0.6) is 11.5 Å². The number of halogens is 1. The van der Waals surface area contributed by atoms with Gasteiger partial charge in [-0.3, -0.25) is 14.5 Å². The summed E-state index contributed by atoms with van der Waals surface area (Å²) in [5.41, 5.74) is 2.71. The number of amides is 1. The third kappa shape index (κ3) is 4.67. The lowest BCUT2D eigenvalue weighted by atomic mass is 9.95. The number of ether oxygens (including phenoxy) is 1. The molecule has 6 rings (SSSR count). The number of nitrogens with zero attached hydrogens (tertiary/aromatic N) is 2. The molecule has 1 unspecified atom stereocenters. The molecule has 1 aliphatic rings. The number of hydrogen-bond donors (Lipinski definition) is 1. The lowest BCUT2D eigenvalue weighted by molar-refractivity contribution is -0.132. The van der Waals surface area contributed by atoms with E-state index in [4.69, 9.17) is 16.3 Å². The van der Waals surface area contributed by atoms with Gasteiger partial charge >= 0.3 is 5.91 Å². The van der Waals surface area contributed by atoms with Crippen LogP contribution in [0.2, 0.25) is 5.02 Å². The van der Waals surface area contributed by atoms with E-state index in [1.54, 1.807) is 48.5 Å². The number of benzene rings is 4. The van der Waals surface area contributed by atoms with Gasteiger partial charge in [0.05, 0.1) is 21.8 Å². The van der Waals surface area contributed by atoms with Gasteiger partial charge in [-0.15, -0.1) is 0 Å². The van der Waals surface area contributed by atoms with Gasteiger partial charge in [0.1, 0.15) is 17.3 Å². The molecule has 1 fully saturated rings. The van der Waals surface area contributed by atoms with Gasteiger partial charge in [-0.2, -0.15) is 0 Å². The summed E-state index contributed by atoms with van der Waals surface area (Å²) >= 11 is 7.36. The Hall–Kier alpha value is -4.46. The van der Waals surface area contributed by atoms with Crippen LogP contribution in [0.25, 0.3) is 16.0 Å². The highest BCUT2D eigenvalue weighted by molar-refractivity contribution is 7.22. The highest BCUT2D eigenvalue weighted by atomic mass is 35.5. The zero-order valence-corrected chi connectivity index (χ0v) is 22.2. The highest BCUT2D eigenvalue weighted by Crippen LogP contribution is 2.45. The van der Waals surface area contributed by atoms with Crippen LogP contribution in [0.15, 0.2) is 103 Å². The van der Waals surface area contributed by atoms with Crippen molar-refractivity contribution in [3.8, 4) is 11.5 Å². The monoisotopic (exact) mass is 552 g/mol. The SMILES string of the molecule is Cc1ccc2nc(N3C(=O)C(=O)C(=C(O)c4ccc(Cl)cc4)C3c3cccc(Oc4ccccc4)c3)sc2c1. The van der Waals surface area contributed by atoms with Crippen molar-refractivity contribution >= 4 is 55.7 Å². The second-order valence-corrected chi connectivity index (χ2v) is 10.6. The molecule has 0 radical (unpaired) electrons. The molecule has 0 aliphatic carbocycles.